The molecule has 2 aromatic rings. The molecular formula is C17H16F2O. The van der Waals surface area contributed by atoms with Gasteiger partial charge in [0.1, 0.15) is 17.4 Å². The van der Waals surface area contributed by atoms with E-state index in [0.29, 0.717) is 12.8 Å². The molecule has 2 rings (SSSR count). The average molecular weight is 274 g/mol. The molecule has 0 spiro atoms. The zero-order chi connectivity index (χ0) is 14.5. The summed E-state index contributed by atoms with van der Waals surface area (Å²) in [6.45, 7) is 1.99. The highest BCUT2D eigenvalue weighted by atomic mass is 19.1. The fourth-order valence-electron chi connectivity index (χ4n) is 2.13. The van der Waals surface area contributed by atoms with Crippen LogP contribution in [0, 0.1) is 18.6 Å². The number of aryl methyl sites for hydroxylation is 2. The summed E-state index contributed by atoms with van der Waals surface area (Å²) in [5.74, 6) is -1.14. The summed E-state index contributed by atoms with van der Waals surface area (Å²) < 4.78 is 26.4. The number of ketones is 1. The zero-order valence-electron chi connectivity index (χ0n) is 11.3. The fourth-order valence-corrected chi connectivity index (χ4v) is 2.13. The van der Waals surface area contributed by atoms with Crippen LogP contribution in [0.4, 0.5) is 8.78 Å². The number of carbonyl (C=O) groups excluding carboxylic acids is 1. The van der Waals surface area contributed by atoms with Gasteiger partial charge in [-0.25, -0.2) is 8.78 Å². The predicted molar refractivity (Wildman–Crippen MR) is 74.6 cm³/mol. The van der Waals surface area contributed by atoms with E-state index in [1.54, 1.807) is 0 Å². The molecule has 0 radical (unpaired) electrons. The van der Waals surface area contributed by atoms with Crippen molar-refractivity contribution in [2.75, 3.05) is 0 Å². The molecule has 0 heterocycles. The summed E-state index contributed by atoms with van der Waals surface area (Å²) >= 11 is 0. The lowest BCUT2D eigenvalue weighted by molar-refractivity contribution is -0.118. The Bertz CT molecular complexity index is 620. The maximum atomic E-state index is 13.4. The van der Waals surface area contributed by atoms with Crippen molar-refractivity contribution in [1.82, 2.24) is 0 Å². The predicted octanol–water partition coefficient (Wildman–Crippen LogP) is 4.02. The number of halogens is 2. The van der Waals surface area contributed by atoms with E-state index in [1.165, 1.54) is 0 Å². The van der Waals surface area contributed by atoms with E-state index in [-0.39, 0.29) is 17.8 Å². The molecule has 0 saturated heterocycles. The zero-order valence-corrected chi connectivity index (χ0v) is 11.3. The summed E-state index contributed by atoms with van der Waals surface area (Å²) in [5.41, 5.74) is 2.35. The molecule has 0 fully saturated rings. The first-order valence-corrected chi connectivity index (χ1v) is 6.56. The number of benzene rings is 2. The lowest BCUT2D eigenvalue weighted by atomic mass is 10.0. The third-order valence-corrected chi connectivity index (χ3v) is 3.17. The van der Waals surface area contributed by atoms with Crippen LogP contribution in [0.2, 0.25) is 0 Å². The van der Waals surface area contributed by atoms with Crippen LogP contribution in [-0.4, -0.2) is 5.78 Å². The SMILES string of the molecule is Cc1cccc(CCC(=O)Cc2cc(F)ccc2F)c1. The number of hydrogen-bond donors (Lipinski definition) is 0. The number of hydrogen-bond acceptors (Lipinski definition) is 1. The number of rotatable bonds is 5. The average Bonchev–Trinajstić information content (AvgIpc) is 2.41. The van der Waals surface area contributed by atoms with Gasteiger partial charge in [0.2, 0.25) is 0 Å². The number of carbonyl (C=O) groups is 1. The van der Waals surface area contributed by atoms with E-state index >= 15 is 0 Å². The Morgan fingerprint density at radius 3 is 2.65 bits per heavy atom. The molecule has 0 amide bonds. The normalized spacial score (nSPS) is 10.6. The highest BCUT2D eigenvalue weighted by molar-refractivity contribution is 5.81. The Balaban J connectivity index is 1.94. The molecule has 104 valence electrons. The van der Waals surface area contributed by atoms with Gasteiger partial charge in [0.05, 0.1) is 0 Å². The second-order valence-electron chi connectivity index (χ2n) is 4.94. The van der Waals surface area contributed by atoms with Gasteiger partial charge >= 0.3 is 0 Å². The van der Waals surface area contributed by atoms with Crippen molar-refractivity contribution in [3.63, 3.8) is 0 Å². The Morgan fingerprint density at radius 1 is 1.10 bits per heavy atom. The Kier molecular flexibility index (Phi) is 4.61. The molecule has 0 atom stereocenters. The molecule has 0 aliphatic carbocycles. The van der Waals surface area contributed by atoms with Crippen LogP contribution in [0.25, 0.3) is 0 Å². The van der Waals surface area contributed by atoms with Crippen LogP contribution in [-0.2, 0) is 17.6 Å². The smallest absolute Gasteiger partial charge is 0.137 e. The Labute approximate surface area is 117 Å². The first-order chi connectivity index (χ1) is 9.54. The maximum Gasteiger partial charge on any atom is 0.137 e. The van der Waals surface area contributed by atoms with Gasteiger partial charge < -0.3 is 0 Å². The van der Waals surface area contributed by atoms with Crippen LogP contribution in [0.3, 0.4) is 0 Å². The lowest BCUT2D eigenvalue weighted by Crippen LogP contribution is -2.06. The summed E-state index contributed by atoms with van der Waals surface area (Å²) in [7, 11) is 0. The van der Waals surface area contributed by atoms with Crippen molar-refractivity contribution in [2.24, 2.45) is 0 Å². The highest BCUT2D eigenvalue weighted by Gasteiger charge is 2.09. The van der Waals surface area contributed by atoms with Gasteiger partial charge in [0.25, 0.3) is 0 Å². The van der Waals surface area contributed by atoms with E-state index in [4.69, 9.17) is 0 Å². The third-order valence-electron chi connectivity index (χ3n) is 3.17. The highest BCUT2D eigenvalue weighted by Crippen LogP contribution is 2.13. The second-order valence-corrected chi connectivity index (χ2v) is 4.94. The standard InChI is InChI=1S/C17H16F2O/c1-12-3-2-4-13(9-12)5-7-16(20)11-14-10-15(18)6-8-17(14)19/h2-4,6,8-10H,5,7,11H2,1H3. The minimum absolute atomic E-state index is 0.0601. The molecular weight excluding hydrogens is 258 g/mol. The molecule has 2 aromatic carbocycles. The largest absolute Gasteiger partial charge is 0.299 e. The van der Waals surface area contributed by atoms with Crippen LogP contribution in [0.5, 0.6) is 0 Å². The van der Waals surface area contributed by atoms with Crippen molar-refractivity contribution in [3.05, 3.63) is 70.8 Å². The topological polar surface area (TPSA) is 17.1 Å². The van der Waals surface area contributed by atoms with Crippen LogP contribution in [0.1, 0.15) is 23.1 Å². The minimum Gasteiger partial charge on any atom is -0.299 e. The van der Waals surface area contributed by atoms with Gasteiger partial charge in [-0.1, -0.05) is 29.8 Å². The molecule has 0 unspecified atom stereocenters. The van der Waals surface area contributed by atoms with Crippen LogP contribution < -0.4 is 0 Å². The van der Waals surface area contributed by atoms with Crippen molar-refractivity contribution < 1.29 is 13.6 Å². The van der Waals surface area contributed by atoms with Gasteiger partial charge in [0, 0.05) is 12.8 Å². The summed E-state index contributed by atoms with van der Waals surface area (Å²) in [5, 5.41) is 0. The van der Waals surface area contributed by atoms with Gasteiger partial charge in [-0.15, -0.1) is 0 Å². The van der Waals surface area contributed by atoms with Crippen LogP contribution in [0.15, 0.2) is 42.5 Å². The Hall–Kier alpha value is -2.03. The molecule has 20 heavy (non-hydrogen) atoms. The minimum atomic E-state index is -0.532. The maximum absolute atomic E-state index is 13.4. The molecule has 0 saturated carbocycles. The summed E-state index contributed by atoms with van der Waals surface area (Å²) in [4.78, 5) is 11.8. The van der Waals surface area contributed by atoms with Crippen molar-refractivity contribution in [1.29, 1.82) is 0 Å². The van der Waals surface area contributed by atoms with Gasteiger partial charge in [-0.05, 0) is 42.7 Å². The van der Waals surface area contributed by atoms with Gasteiger partial charge in [-0.2, -0.15) is 0 Å². The molecule has 0 aliphatic heterocycles. The van der Waals surface area contributed by atoms with E-state index in [2.05, 4.69) is 0 Å². The molecule has 1 nitrogen and oxygen atoms in total. The van der Waals surface area contributed by atoms with E-state index < -0.39 is 11.6 Å². The monoisotopic (exact) mass is 274 g/mol. The summed E-state index contributed by atoms with van der Waals surface area (Å²) in [6.07, 6.45) is 0.895. The molecule has 0 aliphatic rings. The molecule has 3 heteroatoms. The third kappa shape index (κ3) is 3.98. The van der Waals surface area contributed by atoms with Crippen molar-refractivity contribution >= 4 is 5.78 Å². The van der Waals surface area contributed by atoms with Crippen molar-refractivity contribution in [2.45, 2.75) is 26.2 Å². The first-order valence-electron chi connectivity index (χ1n) is 6.56. The van der Waals surface area contributed by atoms with Crippen LogP contribution >= 0.6 is 0 Å². The van der Waals surface area contributed by atoms with E-state index in [1.807, 2.05) is 31.2 Å². The number of Topliss-reactive ketones (excluding diaryl/α,β-unsaturated/α-hetero) is 1. The quantitative estimate of drug-likeness (QED) is 0.805. The molecule has 0 bridgehead atoms. The van der Waals surface area contributed by atoms with E-state index in [9.17, 15) is 13.6 Å². The second kappa shape index (κ2) is 6.42. The first kappa shape index (κ1) is 14.4. The Morgan fingerprint density at radius 2 is 1.90 bits per heavy atom. The molecule has 0 aromatic heterocycles. The van der Waals surface area contributed by atoms with Gasteiger partial charge in [0.15, 0.2) is 0 Å². The summed E-state index contributed by atoms with van der Waals surface area (Å²) in [6, 6.07) is 11.1. The van der Waals surface area contributed by atoms with Crippen molar-refractivity contribution in [3.8, 4) is 0 Å². The van der Waals surface area contributed by atoms with E-state index in [0.717, 1.165) is 29.3 Å². The fraction of sp³-hybridized carbons (Fsp3) is 0.235. The molecule has 0 N–H and O–H groups in total. The lowest BCUT2D eigenvalue weighted by Gasteiger charge is -2.04. The van der Waals surface area contributed by atoms with Gasteiger partial charge in [-0.3, -0.25) is 4.79 Å².